The molecule has 30 heavy (non-hydrogen) atoms. The Kier molecular flexibility index (Phi) is 6.67. The topological polar surface area (TPSA) is 87.6 Å². The fraction of sp³-hybridized carbons (Fsp3) is 0.273. The molecule has 1 amide bonds. The number of rotatable bonds is 6. The van der Waals surface area contributed by atoms with E-state index in [1.807, 2.05) is 56.5 Å². The lowest BCUT2D eigenvalue weighted by molar-refractivity contribution is -0.119. The molecule has 1 aliphatic rings. The Morgan fingerprint density at radius 2 is 1.77 bits per heavy atom. The third kappa shape index (κ3) is 4.94. The highest BCUT2D eigenvalue weighted by Gasteiger charge is 2.32. The molecule has 0 aliphatic carbocycles. The number of hydrogen-bond donors (Lipinski definition) is 2. The van der Waals surface area contributed by atoms with E-state index in [2.05, 4.69) is 15.0 Å². The first-order valence-electron chi connectivity index (χ1n) is 9.47. The summed E-state index contributed by atoms with van der Waals surface area (Å²) < 4.78 is 27.7. The van der Waals surface area contributed by atoms with E-state index in [-0.39, 0.29) is 23.2 Å². The van der Waals surface area contributed by atoms with Gasteiger partial charge in [0.15, 0.2) is 0 Å². The summed E-state index contributed by atoms with van der Waals surface area (Å²) in [5, 5.41) is 2.81. The zero-order valence-electron chi connectivity index (χ0n) is 17.4. The van der Waals surface area contributed by atoms with Crippen molar-refractivity contribution < 1.29 is 13.2 Å². The molecule has 0 unspecified atom stereocenters. The lowest BCUT2D eigenvalue weighted by Gasteiger charge is -2.06. The minimum absolute atomic E-state index is 0.154. The molecule has 0 spiro atoms. The van der Waals surface area contributed by atoms with Gasteiger partial charge in [0.2, 0.25) is 5.91 Å². The summed E-state index contributed by atoms with van der Waals surface area (Å²) in [5.41, 5.74) is 4.22. The minimum atomic E-state index is -3.71. The minimum Gasteiger partial charge on any atom is -0.350 e. The van der Waals surface area contributed by atoms with Gasteiger partial charge in [-0.25, -0.2) is 8.42 Å². The first-order valence-corrected chi connectivity index (χ1v) is 12.2. The molecule has 8 heteroatoms. The Labute approximate surface area is 181 Å². The van der Waals surface area contributed by atoms with Crippen LogP contribution in [-0.4, -0.2) is 33.0 Å². The largest absolute Gasteiger partial charge is 0.350 e. The van der Waals surface area contributed by atoms with Crippen molar-refractivity contribution in [3.05, 3.63) is 70.3 Å². The number of nitrogens with zero attached hydrogens (tertiary/aromatic N) is 1. The Balaban J connectivity index is 1.71. The fourth-order valence-electron chi connectivity index (χ4n) is 3.12. The van der Waals surface area contributed by atoms with Gasteiger partial charge < -0.3 is 5.32 Å². The van der Waals surface area contributed by atoms with Crippen molar-refractivity contribution in [1.29, 1.82) is 0 Å². The van der Waals surface area contributed by atoms with Crippen LogP contribution in [0.4, 0.5) is 0 Å². The van der Waals surface area contributed by atoms with Gasteiger partial charge in [0.05, 0.1) is 0 Å². The highest BCUT2D eigenvalue weighted by atomic mass is 32.2. The number of amides is 1. The maximum Gasteiger partial charge on any atom is 0.264 e. The van der Waals surface area contributed by atoms with E-state index in [0.717, 1.165) is 21.6 Å². The molecule has 0 saturated heterocycles. The zero-order valence-corrected chi connectivity index (χ0v) is 19.1. The summed E-state index contributed by atoms with van der Waals surface area (Å²) in [6.07, 6.45) is 2.01. The molecule has 1 aliphatic heterocycles. The average molecular weight is 444 g/mol. The van der Waals surface area contributed by atoms with Crippen molar-refractivity contribution in [3.8, 4) is 0 Å². The molecule has 0 saturated carbocycles. The summed E-state index contributed by atoms with van der Waals surface area (Å²) in [4.78, 5) is 17.8. The number of thioether (sulfide) groups is 1. The van der Waals surface area contributed by atoms with Gasteiger partial charge in [0.1, 0.15) is 17.3 Å². The normalized spacial score (nSPS) is 16.6. The van der Waals surface area contributed by atoms with E-state index < -0.39 is 10.0 Å². The first kappa shape index (κ1) is 22.1. The van der Waals surface area contributed by atoms with Crippen LogP contribution in [0.15, 0.2) is 57.9 Å². The highest BCUT2D eigenvalue weighted by molar-refractivity contribution is 8.00. The monoisotopic (exact) mass is 443 g/mol. The van der Waals surface area contributed by atoms with Gasteiger partial charge in [-0.2, -0.15) is 0 Å². The highest BCUT2D eigenvalue weighted by Crippen LogP contribution is 2.30. The second-order valence-electron chi connectivity index (χ2n) is 7.15. The number of aryl methyl sites for hydroxylation is 2. The Hall–Kier alpha value is -2.58. The van der Waals surface area contributed by atoms with Gasteiger partial charge in [-0.15, -0.1) is 11.8 Å². The number of nitrogens with one attached hydrogen (secondary N) is 2. The summed E-state index contributed by atoms with van der Waals surface area (Å²) in [5.74, 6) is -0.0641. The third-order valence-corrected chi connectivity index (χ3v) is 7.28. The van der Waals surface area contributed by atoms with Crippen molar-refractivity contribution in [2.45, 2.75) is 32.2 Å². The smallest absolute Gasteiger partial charge is 0.264 e. The molecule has 3 rings (SSSR count). The maximum atomic E-state index is 12.6. The number of hydrogen-bond acceptors (Lipinski definition) is 5. The van der Waals surface area contributed by atoms with Crippen LogP contribution >= 0.6 is 11.8 Å². The van der Waals surface area contributed by atoms with E-state index in [4.69, 9.17) is 0 Å². The lowest BCUT2D eigenvalue weighted by atomic mass is 10.0. The van der Waals surface area contributed by atoms with Gasteiger partial charge in [0, 0.05) is 17.0 Å². The van der Waals surface area contributed by atoms with Crippen LogP contribution < -0.4 is 10.0 Å². The molecule has 1 heterocycles. The number of benzene rings is 2. The van der Waals surface area contributed by atoms with E-state index in [0.29, 0.717) is 17.7 Å². The van der Waals surface area contributed by atoms with Crippen LogP contribution in [0, 0.1) is 13.8 Å². The molecule has 2 aromatic carbocycles. The molecule has 158 valence electrons. The summed E-state index contributed by atoms with van der Waals surface area (Å²) >= 11 is 1.66. The molecule has 0 aromatic heterocycles. The van der Waals surface area contributed by atoms with E-state index in [1.165, 1.54) is 0 Å². The molecule has 0 atom stereocenters. The van der Waals surface area contributed by atoms with Crippen LogP contribution in [0.2, 0.25) is 0 Å². The van der Waals surface area contributed by atoms with Crippen molar-refractivity contribution in [2.24, 2.45) is 4.99 Å². The number of carbonyl (C=O) groups excluding carboxylic acids is 1. The predicted molar refractivity (Wildman–Crippen MR) is 123 cm³/mol. The van der Waals surface area contributed by atoms with E-state index in [1.54, 1.807) is 24.8 Å². The van der Waals surface area contributed by atoms with Crippen molar-refractivity contribution in [1.82, 2.24) is 10.0 Å². The molecule has 0 radical (unpaired) electrons. The number of carbonyl (C=O) groups is 1. The van der Waals surface area contributed by atoms with Gasteiger partial charge >= 0.3 is 0 Å². The van der Waals surface area contributed by atoms with Crippen LogP contribution in [0.5, 0.6) is 0 Å². The Morgan fingerprint density at radius 1 is 1.07 bits per heavy atom. The second kappa shape index (κ2) is 9.06. The molecule has 2 aromatic rings. The zero-order chi connectivity index (χ0) is 21.9. The van der Waals surface area contributed by atoms with Crippen LogP contribution in [0.3, 0.4) is 0 Å². The van der Waals surface area contributed by atoms with Gasteiger partial charge in [0.25, 0.3) is 10.0 Å². The Bertz CT molecular complexity index is 1130. The average Bonchev–Trinajstić information content (AvgIpc) is 2.95. The number of amidine groups is 1. The summed E-state index contributed by atoms with van der Waals surface area (Å²) in [6.45, 7) is 5.86. The van der Waals surface area contributed by atoms with Gasteiger partial charge in [-0.05, 0) is 61.4 Å². The molecule has 0 bridgehead atoms. The van der Waals surface area contributed by atoms with Crippen LogP contribution in [-0.2, 0) is 21.4 Å². The molecule has 2 N–H and O–H groups in total. The molecule has 6 nitrogen and oxygen atoms in total. The Morgan fingerprint density at radius 3 is 2.40 bits per heavy atom. The van der Waals surface area contributed by atoms with Crippen molar-refractivity contribution in [2.75, 3.05) is 12.8 Å². The van der Waals surface area contributed by atoms with Crippen molar-refractivity contribution in [3.63, 3.8) is 0 Å². The predicted octanol–water partition coefficient (Wildman–Crippen LogP) is 3.40. The van der Waals surface area contributed by atoms with Gasteiger partial charge in [-0.3, -0.25) is 14.5 Å². The van der Waals surface area contributed by atoms with Crippen LogP contribution in [0.25, 0.3) is 4.91 Å². The molecular weight excluding hydrogens is 418 g/mol. The number of sulfonamides is 1. The SMILES string of the molecule is CSc1ccc(CNC(=O)CN=C2NS(=O)(=O)C(c3ccc(C)c(C)c3)=C2C)cc1. The third-order valence-electron chi connectivity index (χ3n) is 4.99. The lowest BCUT2D eigenvalue weighted by Crippen LogP contribution is -2.28. The first-order chi connectivity index (χ1) is 14.2. The van der Waals surface area contributed by atoms with Gasteiger partial charge in [-0.1, -0.05) is 30.3 Å². The molecule has 0 fully saturated rings. The standard InChI is InChI=1S/C22H25N3O3S2/c1-14-5-8-18(11-15(14)2)21-16(3)22(25-30(21,27)28)24-13-20(26)23-12-17-6-9-19(29-4)10-7-17/h5-11H,12-13H2,1-4H3,(H,23,26)(H,24,25). The summed E-state index contributed by atoms with van der Waals surface area (Å²) in [6, 6.07) is 13.5. The quantitative estimate of drug-likeness (QED) is 0.670. The maximum absolute atomic E-state index is 12.6. The molecular formula is C22H25N3O3S2. The van der Waals surface area contributed by atoms with E-state index >= 15 is 0 Å². The van der Waals surface area contributed by atoms with E-state index in [9.17, 15) is 13.2 Å². The van der Waals surface area contributed by atoms with Crippen molar-refractivity contribution >= 4 is 38.4 Å². The summed E-state index contributed by atoms with van der Waals surface area (Å²) in [7, 11) is -3.71. The van der Waals surface area contributed by atoms with Crippen LogP contribution in [0.1, 0.15) is 29.2 Å². The fourth-order valence-corrected chi connectivity index (χ4v) is 5.04. The second-order valence-corrected chi connectivity index (χ2v) is 9.65. The number of aliphatic imine (C=N–C) groups is 1.